The first kappa shape index (κ1) is 23.3. The second kappa shape index (κ2) is 10.4. The Morgan fingerprint density at radius 1 is 1.22 bits per heavy atom. The second-order valence-electron chi connectivity index (χ2n) is 5.10. The first-order valence-corrected chi connectivity index (χ1v) is 8.32. The van der Waals surface area contributed by atoms with E-state index in [0.717, 1.165) is 0 Å². The Labute approximate surface area is 182 Å². The van der Waals surface area contributed by atoms with Crippen molar-refractivity contribution in [1.29, 1.82) is 0 Å². The van der Waals surface area contributed by atoms with E-state index >= 15 is 0 Å². The van der Waals surface area contributed by atoms with Gasteiger partial charge in [0.15, 0.2) is 0 Å². The van der Waals surface area contributed by atoms with Crippen LogP contribution in [0.3, 0.4) is 0 Å². The van der Waals surface area contributed by atoms with E-state index in [0.29, 0.717) is 5.25 Å². The SMILES string of the molecule is CC1=CC2SC=[C-]C2=C1.Cc1cc2c(Br)cccc2[cH-]1.[Cl-].[Cl-].[Zr+4]. The van der Waals surface area contributed by atoms with Crippen molar-refractivity contribution in [3.63, 3.8) is 0 Å². The molecule has 0 radical (unpaired) electrons. The van der Waals surface area contributed by atoms with Gasteiger partial charge >= 0.3 is 26.2 Å². The summed E-state index contributed by atoms with van der Waals surface area (Å²) in [5.74, 6) is 0. The number of aryl methyl sites for hydroxylation is 1. The van der Waals surface area contributed by atoms with E-state index in [9.17, 15) is 0 Å². The molecule has 1 aliphatic carbocycles. The van der Waals surface area contributed by atoms with Gasteiger partial charge in [0.05, 0.1) is 0 Å². The van der Waals surface area contributed by atoms with Gasteiger partial charge in [0, 0.05) is 5.25 Å². The molecule has 0 aromatic heterocycles. The summed E-state index contributed by atoms with van der Waals surface area (Å²) in [5, 5.41) is 5.27. The zero-order chi connectivity index (χ0) is 14.1. The Morgan fingerprint density at radius 3 is 2.61 bits per heavy atom. The van der Waals surface area contributed by atoms with Crippen molar-refractivity contribution >= 4 is 38.5 Å². The summed E-state index contributed by atoms with van der Waals surface area (Å²) in [6.07, 6.45) is 7.67. The summed E-state index contributed by atoms with van der Waals surface area (Å²) in [4.78, 5) is 0. The number of benzene rings is 1. The second-order valence-corrected chi connectivity index (χ2v) is 6.97. The van der Waals surface area contributed by atoms with Crippen molar-refractivity contribution in [3.8, 4) is 0 Å². The standard InChI is InChI=1S/C10H8Br.C8H7S.2ClH.Zr/c1-7-5-8-3-2-4-10(11)9(8)6-7;1-6-4-7-2-3-9-8(7)5-6;;;/h2-6H,1H3;3-5,8H,1H3;2*1H;/q2*-1;;;+4/p-2. The van der Waals surface area contributed by atoms with Crippen LogP contribution < -0.4 is 24.8 Å². The van der Waals surface area contributed by atoms with Gasteiger partial charge in [-0.1, -0.05) is 41.9 Å². The van der Waals surface area contributed by atoms with Gasteiger partial charge in [0.25, 0.3) is 0 Å². The minimum Gasteiger partial charge on any atom is -1.00 e. The molecule has 0 bridgehead atoms. The number of rotatable bonds is 0. The summed E-state index contributed by atoms with van der Waals surface area (Å²) in [6.45, 7) is 4.25. The van der Waals surface area contributed by atoms with Crippen molar-refractivity contribution in [2.75, 3.05) is 0 Å². The Morgan fingerprint density at radius 2 is 1.96 bits per heavy atom. The minimum absolute atomic E-state index is 0. The molecule has 2 aliphatic rings. The number of thioether (sulfide) groups is 1. The van der Waals surface area contributed by atoms with Crippen LogP contribution in [0.4, 0.5) is 0 Å². The Hall–Kier alpha value is 0.343. The molecule has 0 spiro atoms. The summed E-state index contributed by atoms with van der Waals surface area (Å²) >= 11 is 5.35. The number of hydrogen-bond donors (Lipinski definition) is 0. The molecule has 1 aliphatic heterocycles. The van der Waals surface area contributed by atoms with Crippen LogP contribution in [-0.4, -0.2) is 5.25 Å². The molecule has 0 saturated carbocycles. The summed E-state index contributed by atoms with van der Waals surface area (Å²) < 4.78 is 1.18. The monoisotopic (exact) mass is 502 g/mol. The fourth-order valence-corrected chi connectivity index (χ4v) is 3.88. The maximum atomic E-state index is 3.51. The van der Waals surface area contributed by atoms with Gasteiger partial charge < -0.3 is 24.8 Å². The van der Waals surface area contributed by atoms with Crippen LogP contribution in [0.2, 0.25) is 0 Å². The smallest absolute Gasteiger partial charge is 1.00 e. The molecule has 118 valence electrons. The quantitative estimate of drug-likeness (QED) is 0.453. The third-order valence-electron chi connectivity index (χ3n) is 3.39. The molecule has 1 atom stereocenters. The van der Waals surface area contributed by atoms with Gasteiger partial charge in [-0.3, -0.25) is 0 Å². The van der Waals surface area contributed by atoms with E-state index in [1.165, 1.54) is 32.0 Å². The first-order valence-electron chi connectivity index (χ1n) is 6.59. The predicted octanol–water partition coefficient (Wildman–Crippen LogP) is -0.0599. The maximum absolute atomic E-state index is 3.51. The summed E-state index contributed by atoms with van der Waals surface area (Å²) in [6, 6.07) is 10.7. The van der Waals surface area contributed by atoms with Crippen LogP contribution >= 0.6 is 27.7 Å². The summed E-state index contributed by atoms with van der Waals surface area (Å²) in [5.41, 5.74) is 4.05. The summed E-state index contributed by atoms with van der Waals surface area (Å²) in [7, 11) is 0. The van der Waals surface area contributed by atoms with Crippen molar-refractivity contribution in [2.24, 2.45) is 0 Å². The van der Waals surface area contributed by atoms with Crippen molar-refractivity contribution < 1.29 is 51.0 Å². The molecular weight excluding hydrogens is 490 g/mol. The van der Waals surface area contributed by atoms with Crippen LogP contribution in [0.25, 0.3) is 10.8 Å². The molecule has 1 unspecified atom stereocenters. The first-order chi connectivity index (χ1) is 9.63. The van der Waals surface area contributed by atoms with Gasteiger partial charge in [-0.2, -0.15) is 6.07 Å². The molecule has 4 rings (SSSR count). The molecular formula is C18H15BrCl2SZr. The molecule has 0 N–H and O–H groups in total. The van der Waals surface area contributed by atoms with E-state index in [1.807, 2.05) is 17.2 Å². The van der Waals surface area contributed by atoms with Crippen molar-refractivity contribution in [3.05, 3.63) is 75.2 Å². The zero-order valence-electron chi connectivity index (χ0n) is 12.7. The van der Waals surface area contributed by atoms with E-state index in [-0.39, 0.29) is 51.0 Å². The Balaban J connectivity index is 0.000000377. The predicted molar refractivity (Wildman–Crippen MR) is 93.0 cm³/mol. The molecule has 2 aromatic carbocycles. The maximum Gasteiger partial charge on any atom is 4.00 e. The third-order valence-corrected chi connectivity index (χ3v) is 5.01. The van der Waals surface area contributed by atoms with Crippen molar-refractivity contribution in [2.45, 2.75) is 19.1 Å². The minimum atomic E-state index is 0. The largest absolute Gasteiger partial charge is 4.00 e. The topological polar surface area (TPSA) is 0 Å². The molecule has 1 heterocycles. The van der Waals surface area contributed by atoms with Crippen molar-refractivity contribution in [1.82, 2.24) is 0 Å². The number of fused-ring (bicyclic) bond motifs is 2. The van der Waals surface area contributed by atoms with Gasteiger partial charge in [-0.05, 0) is 4.47 Å². The van der Waals surface area contributed by atoms with E-state index < -0.39 is 0 Å². The van der Waals surface area contributed by atoms with Crippen LogP contribution in [-0.2, 0) is 26.2 Å². The van der Waals surface area contributed by atoms with Crippen LogP contribution in [0.15, 0.2) is 63.5 Å². The number of halogens is 3. The van der Waals surface area contributed by atoms with E-state index in [4.69, 9.17) is 0 Å². The third kappa shape index (κ3) is 5.68. The van der Waals surface area contributed by atoms with E-state index in [1.54, 1.807) is 0 Å². The van der Waals surface area contributed by atoms with E-state index in [2.05, 4.69) is 78.3 Å². The zero-order valence-corrected chi connectivity index (χ0v) is 19.1. The van der Waals surface area contributed by atoms with Crippen LogP contribution in [0, 0.1) is 13.0 Å². The molecule has 5 heteroatoms. The molecule has 23 heavy (non-hydrogen) atoms. The van der Waals surface area contributed by atoms with Crippen LogP contribution in [0.1, 0.15) is 12.5 Å². The number of hydrogen-bond acceptors (Lipinski definition) is 1. The molecule has 0 saturated heterocycles. The molecule has 0 amide bonds. The van der Waals surface area contributed by atoms with Gasteiger partial charge in [-0.25, -0.2) is 17.7 Å². The molecule has 2 aromatic rings. The fourth-order valence-electron chi connectivity index (χ4n) is 2.46. The van der Waals surface area contributed by atoms with Gasteiger partial charge in [-0.15, -0.1) is 57.3 Å². The Kier molecular flexibility index (Phi) is 10.5. The average molecular weight is 505 g/mol. The average Bonchev–Trinajstić information content (AvgIpc) is 3.04. The van der Waals surface area contributed by atoms with Gasteiger partial charge in [0.2, 0.25) is 0 Å². The van der Waals surface area contributed by atoms with Crippen LogP contribution in [0.5, 0.6) is 0 Å². The molecule has 0 nitrogen and oxygen atoms in total. The Bertz CT molecular complexity index is 747. The molecule has 0 fully saturated rings. The normalized spacial score (nSPS) is 16.9. The number of allylic oxidation sites excluding steroid dienone is 3. The fraction of sp³-hybridized carbons (Fsp3) is 0.167. The van der Waals surface area contributed by atoms with Gasteiger partial charge in [0.1, 0.15) is 0 Å².